The summed E-state index contributed by atoms with van der Waals surface area (Å²) in [5.41, 5.74) is 2.60. The van der Waals surface area contributed by atoms with Gasteiger partial charge in [0.25, 0.3) is 5.91 Å². The van der Waals surface area contributed by atoms with Crippen molar-refractivity contribution in [2.75, 3.05) is 45.8 Å². The largest absolute Gasteiger partial charge is 0.459 e. The summed E-state index contributed by atoms with van der Waals surface area (Å²) in [7, 11) is 0. The molecule has 0 bridgehead atoms. The second kappa shape index (κ2) is 13.0. The number of furan rings is 1. The number of halogens is 1. The second-order valence-electron chi connectivity index (χ2n) is 8.58. The molecule has 0 unspecified atom stereocenters. The predicted molar refractivity (Wildman–Crippen MR) is 142 cm³/mol. The lowest BCUT2D eigenvalue weighted by Crippen LogP contribution is -2.53. The van der Waals surface area contributed by atoms with Crippen LogP contribution in [0.2, 0.25) is 0 Å². The SMILES string of the molecule is CCNC(=NCc1ccc(CN2CCCCC2)cc1)N1CCN(C(=O)c2ccco2)CC1.I. The van der Waals surface area contributed by atoms with Gasteiger partial charge in [0.1, 0.15) is 0 Å². The van der Waals surface area contributed by atoms with E-state index in [1.54, 1.807) is 18.4 Å². The number of amides is 1. The van der Waals surface area contributed by atoms with E-state index in [1.807, 2.05) is 4.90 Å². The maximum Gasteiger partial charge on any atom is 0.289 e. The van der Waals surface area contributed by atoms with Gasteiger partial charge in [-0.3, -0.25) is 9.69 Å². The minimum absolute atomic E-state index is 0. The Morgan fingerprint density at radius 2 is 1.61 bits per heavy atom. The maximum absolute atomic E-state index is 12.5. The molecule has 2 aliphatic heterocycles. The van der Waals surface area contributed by atoms with E-state index in [-0.39, 0.29) is 29.9 Å². The minimum atomic E-state index is -0.0405. The van der Waals surface area contributed by atoms with Gasteiger partial charge in [-0.05, 0) is 56.1 Å². The number of aliphatic imine (C=N–C) groups is 1. The molecule has 8 heteroatoms. The zero-order chi connectivity index (χ0) is 22.2. The van der Waals surface area contributed by atoms with Crippen LogP contribution in [0.4, 0.5) is 0 Å². The van der Waals surface area contributed by atoms with Crippen molar-refractivity contribution >= 4 is 35.8 Å². The first-order chi connectivity index (χ1) is 15.7. The zero-order valence-electron chi connectivity index (χ0n) is 19.5. The number of benzene rings is 1. The Morgan fingerprint density at radius 1 is 0.939 bits per heavy atom. The van der Waals surface area contributed by atoms with E-state index in [9.17, 15) is 4.79 Å². The third-order valence-electron chi connectivity index (χ3n) is 6.22. The fourth-order valence-corrected chi connectivity index (χ4v) is 4.40. The van der Waals surface area contributed by atoms with Gasteiger partial charge >= 0.3 is 0 Å². The molecule has 1 N–H and O–H groups in total. The van der Waals surface area contributed by atoms with Crippen LogP contribution in [0.3, 0.4) is 0 Å². The van der Waals surface area contributed by atoms with Crippen LogP contribution in [-0.4, -0.2) is 72.4 Å². The minimum Gasteiger partial charge on any atom is -0.459 e. The van der Waals surface area contributed by atoms with E-state index in [0.717, 1.165) is 32.1 Å². The summed E-state index contributed by atoms with van der Waals surface area (Å²) in [5.74, 6) is 1.28. The normalized spacial score (nSPS) is 17.5. The van der Waals surface area contributed by atoms with Crippen molar-refractivity contribution in [1.29, 1.82) is 0 Å². The van der Waals surface area contributed by atoms with Crippen molar-refractivity contribution in [3.05, 3.63) is 59.5 Å². The Balaban J connectivity index is 0.00000306. The molecule has 1 aromatic carbocycles. The molecule has 3 heterocycles. The van der Waals surface area contributed by atoms with Crippen LogP contribution in [-0.2, 0) is 13.1 Å². The molecule has 2 aromatic rings. The van der Waals surface area contributed by atoms with Crippen LogP contribution >= 0.6 is 24.0 Å². The molecule has 4 rings (SSSR count). The second-order valence-corrected chi connectivity index (χ2v) is 8.58. The lowest BCUT2D eigenvalue weighted by Gasteiger charge is -2.36. The lowest BCUT2D eigenvalue weighted by atomic mass is 10.1. The molecule has 2 saturated heterocycles. The number of hydrogen-bond acceptors (Lipinski definition) is 4. The van der Waals surface area contributed by atoms with Gasteiger partial charge < -0.3 is 19.5 Å². The fraction of sp³-hybridized carbons (Fsp3) is 0.520. The van der Waals surface area contributed by atoms with E-state index in [0.29, 0.717) is 25.4 Å². The average Bonchev–Trinajstić information content (AvgIpc) is 3.38. The average molecular weight is 566 g/mol. The van der Waals surface area contributed by atoms with E-state index in [2.05, 4.69) is 46.3 Å². The highest BCUT2D eigenvalue weighted by atomic mass is 127. The third kappa shape index (κ3) is 7.20. The summed E-state index contributed by atoms with van der Waals surface area (Å²) in [4.78, 5) is 24.0. The third-order valence-corrected chi connectivity index (χ3v) is 6.22. The molecule has 0 aliphatic carbocycles. The number of carbonyl (C=O) groups is 1. The van der Waals surface area contributed by atoms with Crippen molar-refractivity contribution in [3.63, 3.8) is 0 Å². The van der Waals surface area contributed by atoms with Crippen molar-refractivity contribution in [1.82, 2.24) is 20.0 Å². The van der Waals surface area contributed by atoms with Crippen LogP contribution in [0, 0.1) is 0 Å². The van der Waals surface area contributed by atoms with E-state index < -0.39 is 0 Å². The number of piperidine rings is 1. The van der Waals surface area contributed by atoms with Crippen LogP contribution in [0.15, 0.2) is 52.1 Å². The van der Waals surface area contributed by atoms with Crippen molar-refractivity contribution in [3.8, 4) is 0 Å². The number of nitrogens with one attached hydrogen (secondary N) is 1. The summed E-state index contributed by atoms with van der Waals surface area (Å²) >= 11 is 0. The summed E-state index contributed by atoms with van der Waals surface area (Å²) in [6.45, 7) is 9.88. The molecule has 0 radical (unpaired) electrons. The first-order valence-electron chi connectivity index (χ1n) is 11.9. The highest BCUT2D eigenvalue weighted by Gasteiger charge is 2.25. The van der Waals surface area contributed by atoms with Gasteiger partial charge in [0.15, 0.2) is 11.7 Å². The molecule has 0 atom stereocenters. The first-order valence-corrected chi connectivity index (χ1v) is 11.9. The molecule has 2 aliphatic rings. The summed E-state index contributed by atoms with van der Waals surface area (Å²) < 4.78 is 5.26. The standard InChI is InChI=1S/C25H35N5O2.HI/c1-2-26-25(30-16-14-29(15-17-30)24(31)23-7-6-18-32-23)27-19-21-8-10-22(11-9-21)20-28-12-4-3-5-13-28;/h6-11,18H,2-5,12-17,19-20H2,1H3,(H,26,27);1H. The van der Waals surface area contributed by atoms with Crippen LogP contribution in [0.1, 0.15) is 47.9 Å². The van der Waals surface area contributed by atoms with Crippen molar-refractivity contribution in [2.45, 2.75) is 39.3 Å². The molecule has 33 heavy (non-hydrogen) atoms. The Labute approximate surface area is 214 Å². The fourth-order valence-electron chi connectivity index (χ4n) is 4.40. The molecule has 0 saturated carbocycles. The van der Waals surface area contributed by atoms with Gasteiger partial charge in [0.2, 0.25) is 0 Å². The van der Waals surface area contributed by atoms with Crippen LogP contribution < -0.4 is 5.32 Å². The highest BCUT2D eigenvalue weighted by molar-refractivity contribution is 14.0. The zero-order valence-corrected chi connectivity index (χ0v) is 21.9. The Kier molecular flexibility index (Phi) is 10.1. The number of rotatable bonds is 6. The number of likely N-dealkylation sites (tertiary alicyclic amines) is 1. The molecular formula is C25H36IN5O2. The molecule has 1 aromatic heterocycles. The van der Waals surface area contributed by atoms with E-state index in [1.165, 1.54) is 43.5 Å². The van der Waals surface area contributed by atoms with E-state index in [4.69, 9.17) is 9.41 Å². The maximum atomic E-state index is 12.5. The van der Waals surface area contributed by atoms with Crippen LogP contribution in [0.5, 0.6) is 0 Å². The molecule has 0 spiro atoms. The number of piperazine rings is 1. The van der Waals surface area contributed by atoms with Gasteiger partial charge in [0, 0.05) is 39.3 Å². The van der Waals surface area contributed by atoms with Gasteiger partial charge in [-0.1, -0.05) is 30.7 Å². The molecular weight excluding hydrogens is 529 g/mol. The van der Waals surface area contributed by atoms with Gasteiger partial charge in [-0.2, -0.15) is 0 Å². The number of guanidine groups is 1. The van der Waals surface area contributed by atoms with E-state index >= 15 is 0 Å². The molecule has 2 fully saturated rings. The number of nitrogens with zero attached hydrogens (tertiary/aromatic N) is 4. The number of carbonyl (C=O) groups excluding carboxylic acids is 1. The van der Waals surface area contributed by atoms with Gasteiger partial charge in [-0.25, -0.2) is 4.99 Å². The molecule has 1 amide bonds. The summed E-state index contributed by atoms with van der Waals surface area (Å²) in [6.07, 6.45) is 5.56. The molecule has 7 nitrogen and oxygen atoms in total. The quantitative estimate of drug-likeness (QED) is 0.328. The van der Waals surface area contributed by atoms with Crippen molar-refractivity contribution in [2.24, 2.45) is 4.99 Å². The monoisotopic (exact) mass is 565 g/mol. The highest BCUT2D eigenvalue weighted by Crippen LogP contribution is 2.14. The topological polar surface area (TPSA) is 64.3 Å². The van der Waals surface area contributed by atoms with Crippen LogP contribution in [0.25, 0.3) is 0 Å². The smallest absolute Gasteiger partial charge is 0.289 e. The summed E-state index contributed by atoms with van der Waals surface area (Å²) in [5, 5.41) is 3.41. The van der Waals surface area contributed by atoms with Gasteiger partial charge in [0.05, 0.1) is 12.8 Å². The Hall–Kier alpha value is -2.07. The lowest BCUT2D eigenvalue weighted by molar-refractivity contribution is 0.0657. The van der Waals surface area contributed by atoms with Crippen molar-refractivity contribution < 1.29 is 9.21 Å². The summed E-state index contributed by atoms with van der Waals surface area (Å²) in [6, 6.07) is 12.4. The van der Waals surface area contributed by atoms with Gasteiger partial charge in [-0.15, -0.1) is 24.0 Å². The number of hydrogen-bond donors (Lipinski definition) is 1. The predicted octanol–water partition coefficient (Wildman–Crippen LogP) is 3.81. The Bertz CT molecular complexity index is 871. The Morgan fingerprint density at radius 3 is 2.24 bits per heavy atom. The molecule has 180 valence electrons. The first kappa shape index (κ1) is 25.6.